The summed E-state index contributed by atoms with van der Waals surface area (Å²) in [5.74, 6) is 1.53. The average molecular weight is 291 g/mol. The maximum atomic E-state index is 5.40. The zero-order chi connectivity index (χ0) is 15.4. The summed E-state index contributed by atoms with van der Waals surface area (Å²) in [5.41, 5.74) is 3.80. The molecule has 22 heavy (non-hydrogen) atoms. The first kappa shape index (κ1) is 14.2. The van der Waals surface area contributed by atoms with Gasteiger partial charge in [-0.25, -0.2) is 15.0 Å². The quantitative estimate of drug-likeness (QED) is 0.738. The summed E-state index contributed by atoms with van der Waals surface area (Å²) < 4.78 is 5.40. The van der Waals surface area contributed by atoms with Crippen LogP contribution in [0.2, 0.25) is 0 Å². The zero-order valence-corrected chi connectivity index (χ0v) is 12.7. The third-order valence-electron chi connectivity index (χ3n) is 3.39. The van der Waals surface area contributed by atoms with Crippen molar-refractivity contribution >= 4 is 0 Å². The molecule has 2 aromatic heterocycles. The van der Waals surface area contributed by atoms with E-state index in [9.17, 15) is 0 Å². The first-order valence-corrected chi connectivity index (χ1v) is 7.14. The molecule has 0 aliphatic rings. The van der Waals surface area contributed by atoms with E-state index in [1.54, 1.807) is 13.3 Å². The minimum Gasteiger partial charge on any atom is -0.496 e. The molecule has 4 heteroatoms. The predicted octanol–water partition coefficient (Wildman–Crippen LogP) is 3.45. The molecule has 0 radical (unpaired) electrons. The second-order valence-electron chi connectivity index (χ2n) is 5.02. The molecule has 4 nitrogen and oxygen atoms in total. The van der Waals surface area contributed by atoms with Gasteiger partial charge in [0.25, 0.3) is 0 Å². The van der Waals surface area contributed by atoms with E-state index >= 15 is 0 Å². The predicted molar refractivity (Wildman–Crippen MR) is 85.8 cm³/mol. The highest BCUT2D eigenvalue weighted by Gasteiger charge is 2.07. The lowest BCUT2D eigenvalue weighted by molar-refractivity contribution is 0.410. The fourth-order valence-electron chi connectivity index (χ4n) is 2.32. The van der Waals surface area contributed by atoms with Gasteiger partial charge in [-0.15, -0.1) is 0 Å². The number of hydrogen-bond acceptors (Lipinski definition) is 4. The van der Waals surface area contributed by atoms with Gasteiger partial charge < -0.3 is 4.74 Å². The van der Waals surface area contributed by atoms with E-state index in [-0.39, 0.29) is 0 Å². The minimum atomic E-state index is 0.655. The van der Waals surface area contributed by atoms with Gasteiger partial charge >= 0.3 is 0 Å². The number of nitrogens with zero attached hydrogens (tertiary/aromatic N) is 3. The number of pyridine rings is 1. The van der Waals surface area contributed by atoms with Gasteiger partial charge in [-0.2, -0.15) is 0 Å². The lowest BCUT2D eigenvalue weighted by atomic mass is 10.1. The Labute approximate surface area is 129 Å². The van der Waals surface area contributed by atoms with Crippen LogP contribution >= 0.6 is 0 Å². The van der Waals surface area contributed by atoms with Crippen molar-refractivity contribution in [3.8, 4) is 17.3 Å². The molecule has 0 bridgehead atoms. The number of aryl methyl sites for hydroxylation is 1. The molecule has 0 aliphatic carbocycles. The molecule has 0 atom stereocenters. The monoisotopic (exact) mass is 291 g/mol. The highest BCUT2D eigenvalue weighted by molar-refractivity contribution is 5.49. The van der Waals surface area contributed by atoms with Crippen LogP contribution < -0.4 is 4.74 Å². The van der Waals surface area contributed by atoms with Gasteiger partial charge in [-0.05, 0) is 31.2 Å². The van der Waals surface area contributed by atoms with Crippen LogP contribution in [-0.4, -0.2) is 22.1 Å². The van der Waals surface area contributed by atoms with Crippen LogP contribution in [0.25, 0.3) is 11.5 Å². The summed E-state index contributed by atoms with van der Waals surface area (Å²) in [6, 6.07) is 15.8. The highest BCUT2D eigenvalue weighted by atomic mass is 16.5. The maximum absolute atomic E-state index is 5.40. The second-order valence-corrected chi connectivity index (χ2v) is 5.02. The molecule has 0 fully saturated rings. The summed E-state index contributed by atoms with van der Waals surface area (Å²) in [6.45, 7) is 1.95. The highest BCUT2D eigenvalue weighted by Crippen LogP contribution is 2.21. The molecule has 0 spiro atoms. The van der Waals surface area contributed by atoms with E-state index in [2.05, 4.69) is 21.0 Å². The van der Waals surface area contributed by atoms with Crippen LogP contribution in [0.15, 0.2) is 54.7 Å². The van der Waals surface area contributed by atoms with Crippen molar-refractivity contribution in [3.63, 3.8) is 0 Å². The van der Waals surface area contributed by atoms with Gasteiger partial charge in [0.15, 0.2) is 5.82 Å². The number of aromatic nitrogens is 3. The Bertz CT molecular complexity index is 787. The first-order chi connectivity index (χ1) is 10.8. The first-order valence-electron chi connectivity index (χ1n) is 7.14. The Morgan fingerprint density at radius 2 is 1.82 bits per heavy atom. The summed E-state index contributed by atoms with van der Waals surface area (Å²) >= 11 is 0. The lowest BCUT2D eigenvalue weighted by Gasteiger charge is -2.08. The van der Waals surface area contributed by atoms with E-state index < -0.39 is 0 Å². The van der Waals surface area contributed by atoms with Crippen LogP contribution in [0.1, 0.15) is 17.0 Å². The number of benzene rings is 1. The summed E-state index contributed by atoms with van der Waals surface area (Å²) in [4.78, 5) is 13.4. The average Bonchev–Trinajstić information content (AvgIpc) is 2.56. The summed E-state index contributed by atoms with van der Waals surface area (Å²) in [7, 11) is 1.68. The van der Waals surface area contributed by atoms with Crippen molar-refractivity contribution in [2.24, 2.45) is 0 Å². The maximum Gasteiger partial charge on any atom is 0.178 e. The van der Waals surface area contributed by atoms with E-state index in [0.717, 1.165) is 28.4 Å². The fraction of sp³-hybridized carbons (Fsp3) is 0.167. The molecule has 3 aromatic rings. The van der Waals surface area contributed by atoms with Crippen LogP contribution in [0, 0.1) is 6.92 Å². The Kier molecular flexibility index (Phi) is 4.10. The molecule has 0 N–H and O–H groups in total. The number of methoxy groups -OCH3 is 1. The Hall–Kier alpha value is -2.75. The van der Waals surface area contributed by atoms with Crippen molar-refractivity contribution < 1.29 is 4.74 Å². The molecule has 0 aliphatic heterocycles. The van der Waals surface area contributed by atoms with Crippen molar-refractivity contribution in [1.82, 2.24) is 15.0 Å². The molecular formula is C18H17N3O. The Morgan fingerprint density at radius 1 is 0.955 bits per heavy atom. The van der Waals surface area contributed by atoms with Crippen LogP contribution in [0.3, 0.4) is 0 Å². The molecule has 0 unspecified atom stereocenters. The van der Waals surface area contributed by atoms with E-state index in [0.29, 0.717) is 12.2 Å². The third-order valence-corrected chi connectivity index (χ3v) is 3.39. The molecule has 2 heterocycles. The number of para-hydroxylation sites is 1. The Morgan fingerprint density at radius 3 is 2.64 bits per heavy atom. The van der Waals surface area contributed by atoms with E-state index in [1.807, 2.05) is 49.4 Å². The van der Waals surface area contributed by atoms with Crippen molar-refractivity contribution in [2.45, 2.75) is 13.3 Å². The normalized spacial score (nSPS) is 10.5. The largest absolute Gasteiger partial charge is 0.496 e. The molecule has 3 rings (SSSR count). The third kappa shape index (κ3) is 3.11. The minimum absolute atomic E-state index is 0.655. The molecule has 1 aromatic carbocycles. The summed E-state index contributed by atoms with van der Waals surface area (Å²) in [6.07, 6.45) is 2.47. The smallest absolute Gasteiger partial charge is 0.178 e. The lowest BCUT2D eigenvalue weighted by Crippen LogP contribution is -1.99. The van der Waals surface area contributed by atoms with E-state index in [4.69, 9.17) is 4.74 Å². The number of ether oxygens (including phenoxy) is 1. The fourth-order valence-corrected chi connectivity index (χ4v) is 2.32. The SMILES string of the molecule is COc1ccccc1Cc1cccc(-c2nccc(C)n2)n1. The van der Waals surface area contributed by atoms with Gasteiger partial charge in [0.05, 0.1) is 7.11 Å². The number of hydrogen-bond donors (Lipinski definition) is 0. The Balaban J connectivity index is 1.91. The molecule has 110 valence electrons. The zero-order valence-electron chi connectivity index (χ0n) is 12.7. The van der Waals surface area contributed by atoms with Gasteiger partial charge in [-0.3, -0.25) is 0 Å². The molecular weight excluding hydrogens is 274 g/mol. The van der Waals surface area contributed by atoms with Crippen LogP contribution in [0.5, 0.6) is 5.75 Å². The van der Waals surface area contributed by atoms with Gasteiger partial charge in [0.1, 0.15) is 11.4 Å². The van der Waals surface area contributed by atoms with Crippen LogP contribution in [-0.2, 0) is 6.42 Å². The number of rotatable bonds is 4. The van der Waals surface area contributed by atoms with Gasteiger partial charge in [-0.1, -0.05) is 24.3 Å². The molecule has 0 amide bonds. The van der Waals surface area contributed by atoms with Crippen molar-refractivity contribution in [2.75, 3.05) is 7.11 Å². The van der Waals surface area contributed by atoms with Gasteiger partial charge in [0, 0.05) is 29.6 Å². The van der Waals surface area contributed by atoms with Crippen molar-refractivity contribution in [1.29, 1.82) is 0 Å². The second kappa shape index (κ2) is 6.35. The standard InChI is InChI=1S/C18H17N3O/c1-13-10-11-19-18(20-13)16-8-5-7-15(21-16)12-14-6-3-4-9-17(14)22-2/h3-11H,12H2,1-2H3. The molecule has 0 saturated heterocycles. The van der Waals surface area contributed by atoms with E-state index in [1.165, 1.54) is 0 Å². The van der Waals surface area contributed by atoms with Crippen LogP contribution in [0.4, 0.5) is 0 Å². The topological polar surface area (TPSA) is 47.9 Å². The molecule has 0 saturated carbocycles. The van der Waals surface area contributed by atoms with Gasteiger partial charge in [0.2, 0.25) is 0 Å². The summed E-state index contributed by atoms with van der Waals surface area (Å²) in [5, 5.41) is 0. The van der Waals surface area contributed by atoms with Crippen molar-refractivity contribution in [3.05, 3.63) is 71.7 Å².